The second-order valence-electron chi connectivity index (χ2n) is 7.09. The highest BCUT2D eigenvalue weighted by molar-refractivity contribution is 6.06. The molecule has 30 heavy (non-hydrogen) atoms. The molecule has 1 unspecified atom stereocenters. The summed E-state index contributed by atoms with van der Waals surface area (Å²) in [6.45, 7) is 2.26. The van der Waals surface area contributed by atoms with E-state index in [1.54, 1.807) is 6.92 Å². The van der Waals surface area contributed by atoms with Crippen LogP contribution in [0.25, 0.3) is 0 Å². The fourth-order valence-corrected chi connectivity index (χ4v) is 3.28. The Kier molecular flexibility index (Phi) is 5.39. The average molecular weight is 401 g/mol. The van der Waals surface area contributed by atoms with Gasteiger partial charge in [0.25, 0.3) is 5.91 Å². The topological polar surface area (TPSA) is 63.2 Å². The molecule has 0 bridgehead atoms. The van der Waals surface area contributed by atoms with Crippen LogP contribution in [0.3, 0.4) is 0 Å². The van der Waals surface area contributed by atoms with Gasteiger partial charge in [-0.15, -0.1) is 0 Å². The van der Waals surface area contributed by atoms with E-state index in [9.17, 15) is 4.79 Å². The lowest BCUT2D eigenvalue weighted by atomic mass is 9.92. The second kappa shape index (κ2) is 8.29. The number of carbonyl (C=O) groups is 1. The zero-order valence-corrected chi connectivity index (χ0v) is 16.9. The fourth-order valence-electron chi connectivity index (χ4n) is 3.28. The smallest absolute Gasteiger partial charge is 0.315 e. The minimum Gasteiger partial charge on any atom is -0.489 e. The molecule has 0 aromatic heterocycles. The van der Waals surface area contributed by atoms with Crippen molar-refractivity contribution >= 4 is 17.6 Å². The third-order valence-electron chi connectivity index (χ3n) is 4.99. The number of carbonyl (C=O) groups excluding carboxylic acids is 1. The van der Waals surface area contributed by atoms with Crippen LogP contribution < -0.4 is 10.2 Å². The molecule has 1 N–H and O–H groups in total. The number of hydrogen-bond acceptors (Lipinski definition) is 5. The highest BCUT2D eigenvalue weighted by atomic mass is 16.5. The maximum absolute atomic E-state index is 13.2. The van der Waals surface area contributed by atoms with E-state index >= 15 is 0 Å². The number of methoxy groups -OCH3 is 1. The van der Waals surface area contributed by atoms with Crippen molar-refractivity contribution in [3.8, 4) is 5.75 Å². The summed E-state index contributed by atoms with van der Waals surface area (Å²) in [4.78, 5) is 17.8. The van der Waals surface area contributed by atoms with Crippen LogP contribution in [0.1, 0.15) is 18.1 Å². The third-order valence-corrected chi connectivity index (χ3v) is 4.99. The number of amidine groups is 1. The van der Waals surface area contributed by atoms with Crippen molar-refractivity contribution in [1.82, 2.24) is 5.01 Å². The maximum Gasteiger partial charge on any atom is 0.315 e. The number of aliphatic imine (C=N–C) groups is 1. The zero-order valence-electron chi connectivity index (χ0n) is 16.9. The van der Waals surface area contributed by atoms with E-state index in [4.69, 9.17) is 9.47 Å². The molecule has 1 atom stereocenters. The first-order valence-electron chi connectivity index (χ1n) is 9.67. The third kappa shape index (κ3) is 3.85. The molecule has 0 spiro atoms. The first kappa shape index (κ1) is 19.5. The molecule has 1 amide bonds. The highest BCUT2D eigenvalue weighted by Gasteiger charge is 2.47. The second-order valence-corrected chi connectivity index (χ2v) is 7.09. The summed E-state index contributed by atoms with van der Waals surface area (Å²) >= 11 is 0. The van der Waals surface area contributed by atoms with Crippen molar-refractivity contribution in [2.75, 3.05) is 12.5 Å². The number of nitrogens with zero attached hydrogens (tertiary/aromatic N) is 2. The zero-order chi connectivity index (χ0) is 21.0. The Labute approximate surface area is 175 Å². The minimum absolute atomic E-state index is 0.218. The summed E-state index contributed by atoms with van der Waals surface area (Å²) in [6, 6.07) is 27.0. The molecule has 0 saturated heterocycles. The van der Waals surface area contributed by atoms with Gasteiger partial charge in [0.1, 0.15) is 12.4 Å². The molecule has 4 rings (SSSR count). The number of rotatable bonds is 6. The first-order valence-corrected chi connectivity index (χ1v) is 9.67. The van der Waals surface area contributed by atoms with E-state index in [-0.39, 0.29) is 11.9 Å². The molecule has 1 heterocycles. The Morgan fingerprint density at radius 3 is 2.20 bits per heavy atom. The molecule has 3 aromatic rings. The highest BCUT2D eigenvalue weighted by Crippen LogP contribution is 2.34. The predicted octanol–water partition coefficient (Wildman–Crippen LogP) is 4.35. The largest absolute Gasteiger partial charge is 0.489 e. The standard InChI is InChI=1S/C24H23N3O3/c1-24(19-13-15-21(16-14-19)30-17-18-9-5-3-6-10-18)22(28)27(23(25-24)29-2)26-20-11-7-4-8-12-20/h3-16,26H,17H2,1-2H3. The van der Waals surface area contributed by atoms with Crippen molar-refractivity contribution in [1.29, 1.82) is 0 Å². The molecule has 0 saturated carbocycles. The molecule has 6 nitrogen and oxygen atoms in total. The van der Waals surface area contributed by atoms with E-state index in [1.807, 2.05) is 84.9 Å². The van der Waals surface area contributed by atoms with Gasteiger partial charge in [0.05, 0.1) is 12.8 Å². The number of anilines is 1. The number of amides is 1. The quantitative estimate of drug-likeness (QED) is 0.667. The van der Waals surface area contributed by atoms with Gasteiger partial charge in [0.15, 0.2) is 5.54 Å². The average Bonchev–Trinajstić information content (AvgIpc) is 3.05. The summed E-state index contributed by atoms with van der Waals surface area (Å²) in [5, 5.41) is 1.34. The predicted molar refractivity (Wildman–Crippen MR) is 116 cm³/mol. The normalized spacial score (nSPS) is 18.1. The number of nitrogens with one attached hydrogen (secondary N) is 1. The number of ether oxygens (including phenoxy) is 2. The van der Waals surface area contributed by atoms with Crippen molar-refractivity contribution in [2.24, 2.45) is 4.99 Å². The monoisotopic (exact) mass is 401 g/mol. The Bertz CT molecular complexity index is 1040. The maximum atomic E-state index is 13.2. The minimum atomic E-state index is -1.09. The Balaban J connectivity index is 1.51. The number of benzene rings is 3. The Morgan fingerprint density at radius 2 is 1.57 bits per heavy atom. The SMILES string of the molecule is COC1=NC(C)(c2ccc(OCc3ccccc3)cc2)C(=O)N1Nc1ccccc1. The Morgan fingerprint density at radius 1 is 0.933 bits per heavy atom. The first-order chi connectivity index (χ1) is 14.6. The molecule has 3 aromatic carbocycles. The molecular weight excluding hydrogens is 378 g/mol. The van der Waals surface area contributed by atoms with Crippen LogP contribution in [0, 0.1) is 0 Å². The van der Waals surface area contributed by atoms with E-state index in [0.29, 0.717) is 6.61 Å². The van der Waals surface area contributed by atoms with Gasteiger partial charge in [0.2, 0.25) is 0 Å². The molecule has 0 fully saturated rings. The van der Waals surface area contributed by atoms with E-state index in [0.717, 1.165) is 22.6 Å². The number of hydrogen-bond donors (Lipinski definition) is 1. The van der Waals surface area contributed by atoms with E-state index in [1.165, 1.54) is 12.1 Å². The van der Waals surface area contributed by atoms with Crippen molar-refractivity contribution in [2.45, 2.75) is 19.1 Å². The molecule has 0 aliphatic carbocycles. The lowest BCUT2D eigenvalue weighted by Crippen LogP contribution is -2.43. The van der Waals surface area contributed by atoms with Gasteiger partial charge in [-0.3, -0.25) is 10.2 Å². The van der Waals surface area contributed by atoms with Crippen LogP contribution in [0.2, 0.25) is 0 Å². The Hall–Kier alpha value is -3.80. The van der Waals surface area contributed by atoms with Gasteiger partial charge in [-0.1, -0.05) is 60.7 Å². The van der Waals surface area contributed by atoms with Crippen LogP contribution in [0.4, 0.5) is 5.69 Å². The van der Waals surface area contributed by atoms with Crippen LogP contribution in [-0.4, -0.2) is 24.0 Å². The van der Waals surface area contributed by atoms with Crippen LogP contribution in [0.5, 0.6) is 5.75 Å². The molecule has 0 radical (unpaired) electrons. The lowest BCUT2D eigenvalue weighted by molar-refractivity contribution is -0.130. The number of para-hydroxylation sites is 1. The van der Waals surface area contributed by atoms with Crippen molar-refractivity contribution in [3.05, 3.63) is 96.1 Å². The molecule has 1 aliphatic rings. The van der Waals surface area contributed by atoms with Crippen LogP contribution in [-0.2, 0) is 21.7 Å². The van der Waals surface area contributed by atoms with Gasteiger partial charge >= 0.3 is 6.02 Å². The van der Waals surface area contributed by atoms with Crippen molar-refractivity contribution in [3.63, 3.8) is 0 Å². The van der Waals surface area contributed by atoms with Gasteiger partial charge < -0.3 is 9.47 Å². The molecule has 6 heteroatoms. The van der Waals surface area contributed by atoms with E-state index < -0.39 is 5.54 Å². The summed E-state index contributed by atoms with van der Waals surface area (Å²) in [5.74, 6) is 0.507. The fraction of sp³-hybridized carbons (Fsp3) is 0.167. The molecule has 1 aliphatic heterocycles. The van der Waals surface area contributed by atoms with Crippen LogP contribution in [0.15, 0.2) is 89.9 Å². The molecular formula is C24H23N3O3. The van der Waals surface area contributed by atoms with E-state index in [2.05, 4.69) is 10.4 Å². The summed E-state index contributed by atoms with van der Waals surface area (Å²) in [6.07, 6.45) is 0. The van der Waals surface area contributed by atoms with Crippen LogP contribution >= 0.6 is 0 Å². The number of hydrazine groups is 1. The van der Waals surface area contributed by atoms with Gasteiger partial charge in [0, 0.05) is 0 Å². The summed E-state index contributed by atoms with van der Waals surface area (Å²) in [5.41, 5.74) is 4.60. The van der Waals surface area contributed by atoms with Gasteiger partial charge in [-0.25, -0.2) is 4.99 Å². The molecule has 152 valence electrons. The van der Waals surface area contributed by atoms with Gasteiger partial charge in [-0.05, 0) is 42.3 Å². The summed E-state index contributed by atoms with van der Waals surface area (Å²) in [7, 11) is 1.50. The van der Waals surface area contributed by atoms with Gasteiger partial charge in [-0.2, -0.15) is 5.01 Å². The van der Waals surface area contributed by atoms with Crippen molar-refractivity contribution < 1.29 is 14.3 Å². The lowest BCUT2D eigenvalue weighted by Gasteiger charge is -2.23. The summed E-state index contributed by atoms with van der Waals surface area (Å²) < 4.78 is 11.2.